The van der Waals surface area contributed by atoms with Crippen LogP contribution < -0.4 is 0 Å². The molecular formula is C21H30O2. The second-order valence-corrected chi connectivity index (χ2v) is 9.05. The molecule has 0 amide bonds. The van der Waals surface area contributed by atoms with E-state index in [0.29, 0.717) is 17.3 Å². The summed E-state index contributed by atoms with van der Waals surface area (Å²) >= 11 is 0. The van der Waals surface area contributed by atoms with Gasteiger partial charge < -0.3 is 5.11 Å². The van der Waals surface area contributed by atoms with Crippen LogP contribution in [0.5, 0.6) is 0 Å². The van der Waals surface area contributed by atoms with Gasteiger partial charge in [0.2, 0.25) is 0 Å². The molecule has 0 bridgehead atoms. The molecule has 4 aliphatic carbocycles. The zero-order valence-corrected chi connectivity index (χ0v) is 14.8. The van der Waals surface area contributed by atoms with Gasteiger partial charge in [0.1, 0.15) is 0 Å². The SMILES string of the molecule is CC(=O)C1=CC=C2[C@@H]3CC[C@H]4C[C@@H](O)CC[C@]4(C)[C@H]3CC[C@]12C. The molecule has 0 aromatic heterocycles. The minimum Gasteiger partial charge on any atom is -0.393 e. The molecular weight excluding hydrogens is 284 g/mol. The molecule has 0 aliphatic heterocycles. The van der Waals surface area contributed by atoms with Crippen molar-refractivity contribution in [2.24, 2.45) is 28.6 Å². The maximum Gasteiger partial charge on any atom is 0.156 e. The summed E-state index contributed by atoms with van der Waals surface area (Å²) in [5, 5.41) is 10.1. The predicted octanol–water partition coefficient (Wildman–Crippen LogP) is 4.44. The van der Waals surface area contributed by atoms with Crippen LogP contribution >= 0.6 is 0 Å². The molecule has 3 fully saturated rings. The van der Waals surface area contributed by atoms with E-state index in [4.69, 9.17) is 0 Å². The zero-order valence-electron chi connectivity index (χ0n) is 14.8. The number of hydrogen-bond acceptors (Lipinski definition) is 2. The molecule has 2 heteroatoms. The van der Waals surface area contributed by atoms with Gasteiger partial charge in [-0.3, -0.25) is 4.79 Å². The van der Waals surface area contributed by atoms with Crippen LogP contribution in [0, 0.1) is 28.6 Å². The lowest BCUT2D eigenvalue weighted by molar-refractivity contribution is -0.115. The Labute approximate surface area is 140 Å². The van der Waals surface area contributed by atoms with Gasteiger partial charge in [0.25, 0.3) is 0 Å². The van der Waals surface area contributed by atoms with E-state index in [1.807, 2.05) is 0 Å². The fraction of sp³-hybridized carbons (Fsp3) is 0.762. The average molecular weight is 314 g/mol. The Morgan fingerprint density at radius 1 is 1.13 bits per heavy atom. The van der Waals surface area contributed by atoms with E-state index < -0.39 is 0 Å². The van der Waals surface area contributed by atoms with Gasteiger partial charge >= 0.3 is 0 Å². The molecule has 1 N–H and O–H groups in total. The monoisotopic (exact) mass is 314 g/mol. The Morgan fingerprint density at radius 2 is 1.91 bits per heavy atom. The normalized spacial score (nSPS) is 48.7. The topological polar surface area (TPSA) is 37.3 Å². The van der Waals surface area contributed by atoms with Crippen molar-refractivity contribution in [3.63, 3.8) is 0 Å². The molecule has 0 saturated heterocycles. The Balaban J connectivity index is 1.65. The first-order chi connectivity index (χ1) is 10.9. The third-order valence-corrected chi connectivity index (χ3v) is 8.06. The van der Waals surface area contributed by atoms with Crippen LogP contribution in [0.4, 0.5) is 0 Å². The van der Waals surface area contributed by atoms with Crippen LogP contribution in [-0.4, -0.2) is 17.0 Å². The van der Waals surface area contributed by atoms with Gasteiger partial charge in [0, 0.05) is 11.0 Å². The largest absolute Gasteiger partial charge is 0.393 e. The van der Waals surface area contributed by atoms with Crippen LogP contribution in [-0.2, 0) is 4.79 Å². The van der Waals surface area contributed by atoms with E-state index in [0.717, 1.165) is 30.8 Å². The van der Waals surface area contributed by atoms with E-state index in [-0.39, 0.29) is 17.3 Å². The number of rotatable bonds is 1. The van der Waals surface area contributed by atoms with Gasteiger partial charge in [0.15, 0.2) is 5.78 Å². The smallest absolute Gasteiger partial charge is 0.156 e. The van der Waals surface area contributed by atoms with Crippen molar-refractivity contribution >= 4 is 5.78 Å². The number of hydrogen-bond donors (Lipinski definition) is 1. The highest BCUT2D eigenvalue weighted by molar-refractivity contribution is 5.96. The number of allylic oxidation sites excluding steroid dienone is 4. The third-order valence-electron chi connectivity index (χ3n) is 8.06. The Morgan fingerprint density at radius 3 is 2.65 bits per heavy atom. The number of fused-ring (bicyclic) bond motifs is 5. The van der Waals surface area contributed by atoms with Crippen molar-refractivity contribution in [1.29, 1.82) is 0 Å². The van der Waals surface area contributed by atoms with Crippen LogP contribution in [0.1, 0.15) is 65.7 Å². The Bertz CT molecular complexity index is 601. The van der Waals surface area contributed by atoms with Crippen LogP contribution in [0.3, 0.4) is 0 Å². The molecule has 4 aliphatic rings. The average Bonchev–Trinajstić information content (AvgIpc) is 2.85. The van der Waals surface area contributed by atoms with Crippen molar-refractivity contribution in [2.75, 3.05) is 0 Å². The summed E-state index contributed by atoms with van der Waals surface area (Å²) in [7, 11) is 0. The summed E-state index contributed by atoms with van der Waals surface area (Å²) < 4.78 is 0. The highest BCUT2D eigenvalue weighted by atomic mass is 16.3. The van der Waals surface area contributed by atoms with E-state index in [1.165, 1.54) is 25.7 Å². The number of carbonyl (C=O) groups excluding carboxylic acids is 1. The van der Waals surface area contributed by atoms with Gasteiger partial charge in [-0.15, -0.1) is 0 Å². The van der Waals surface area contributed by atoms with Crippen LogP contribution in [0.15, 0.2) is 23.3 Å². The molecule has 6 atom stereocenters. The fourth-order valence-electron chi connectivity index (χ4n) is 6.74. The Kier molecular flexibility index (Phi) is 3.43. The summed E-state index contributed by atoms with van der Waals surface area (Å²) in [5.74, 6) is 2.34. The molecule has 126 valence electrons. The molecule has 0 aromatic rings. The minimum atomic E-state index is -0.0739. The lowest BCUT2D eigenvalue weighted by atomic mass is 9.46. The summed E-state index contributed by atoms with van der Waals surface area (Å²) in [6.07, 6.45) is 12.3. The summed E-state index contributed by atoms with van der Waals surface area (Å²) in [5.41, 5.74) is 2.98. The lowest BCUT2D eigenvalue weighted by Crippen LogP contribution is -2.51. The second-order valence-electron chi connectivity index (χ2n) is 9.05. The molecule has 0 heterocycles. The first-order valence-corrected chi connectivity index (χ1v) is 9.48. The fourth-order valence-corrected chi connectivity index (χ4v) is 6.74. The molecule has 0 aromatic carbocycles. The molecule has 23 heavy (non-hydrogen) atoms. The number of aliphatic hydroxyl groups excluding tert-OH is 1. The first-order valence-electron chi connectivity index (χ1n) is 9.48. The lowest BCUT2D eigenvalue weighted by Gasteiger charge is -2.59. The summed E-state index contributed by atoms with van der Waals surface area (Å²) in [6, 6.07) is 0. The van der Waals surface area contributed by atoms with Gasteiger partial charge in [-0.25, -0.2) is 0 Å². The van der Waals surface area contributed by atoms with E-state index in [1.54, 1.807) is 12.5 Å². The quantitative estimate of drug-likeness (QED) is 0.777. The highest BCUT2D eigenvalue weighted by Crippen LogP contribution is 2.65. The van der Waals surface area contributed by atoms with Gasteiger partial charge in [0.05, 0.1) is 6.10 Å². The van der Waals surface area contributed by atoms with Gasteiger partial charge in [-0.05, 0) is 75.0 Å². The molecule has 0 radical (unpaired) electrons. The zero-order chi connectivity index (χ0) is 16.4. The van der Waals surface area contributed by atoms with Crippen molar-refractivity contribution in [2.45, 2.75) is 71.8 Å². The molecule has 0 spiro atoms. The first kappa shape index (κ1) is 15.6. The van der Waals surface area contributed by atoms with E-state index in [9.17, 15) is 9.90 Å². The van der Waals surface area contributed by atoms with Crippen molar-refractivity contribution in [3.05, 3.63) is 23.3 Å². The Hall–Kier alpha value is -0.890. The maximum atomic E-state index is 12.1. The number of carbonyl (C=O) groups is 1. The van der Waals surface area contributed by atoms with E-state index >= 15 is 0 Å². The second kappa shape index (κ2) is 5.05. The van der Waals surface area contributed by atoms with Crippen molar-refractivity contribution in [1.82, 2.24) is 0 Å². The number of Topliss-reactive ketones (excluding diaryl/α,β-unsaturated/α-hetero) is 1. The van der Waals surface area contributed by atoms with Crippen LogP contribution in [0.2, 0.25) is 0 Å². The van der Waals surface area contributed by atoms with Crippen molar-refractivity contribution < 1.29 is 9.90 Å². The molecule has 4 rings (SSSR count). The summed E-state index contributed by atoms with van der Waals surface area (Å²) in [4.78, 5) is 12.1. The van der Waals surface area contributed by atoms with E-state index in [2.05, 4.69) is 26.0 Å². The maximum absolute atomic E-state index is 12.1. The highest BCUT2D eigenvalue weighted by Gasteiger charge is 2.56. The predicted molar refractivity (Wildman–Crippen MR) is 91.9 cm³/mol. The van der Waals surface area contributed by atoms with Gasteiger partial charge in [-0.1, -0.05) is 31.6 Å². The number of ketones is 1. The van der Waals surface area contributed by atoms with Crippen LogP contribution in [0.25, 0.3) is 0 Å². The standard InChI is InChI=1S/C21H30O2/c1-13(22)17-6-7-18-16-5-4-14-12-15(23)8-10-20(14,2)19(16)9-11-21(17,18)3/h6-7,14-16,19,23H,4-5,8-12H2,1-3H3/t14-,15-,16-,19-,20-,21+/m0/s1. The number of aliphatic hydroxyl groups is 1. The third kappa shape index (κ3) is 2.06. The minimum absolute atomic E-state index is 0.00434. The molecule has 0 unspecified atom stereocenters. The summed E-state index contributed by atoms with van der Waals surface area (Å²) in [6.45, 7) is 6.52. The van der Waals surface area contributed by atoms with Crippen molar-refractivity contribution in [3.8, 4) is 0 Å². The molecule has 2 nitrogen and oxygen atoms in total. The van der Waals surface area contributed by atoms with Gasteiger partial charge in [-0.2, -0.15) is 0 Å². The molecule has 3 saturated carbocycles.